The molecule has 2 aliphatic rings. The van der Waals surface area contributed by atoms with Crippen molar-refractivity contribution in [2.45, 2.75) is 18.1 Å². The van der Waals surface area contributed by atoms with E-state index >= 15 is 0 Å². The van der Waals surface area contributed by atoms with E-state index in [2.05, 4.69) is 4.98 Å². The minimum atomic E-state index is -0.802. The number of piperidine rings is 1. The van der Waals surface area contributed by atoms with Crippen molar-refractivity contribution in [2.75, 3.05) is 47.8 Å². The van der Waals surface area contributed by atoms with Gasteiger partial charge in [-0.2, -0.15) is 0 Å². The van der Waals surface area contributed by atoms with Crippen molar-refractivity contribution < 1.29 is 37.8 Å². The highest BCUT2D eigenvalue weighted by Crippen LogP contribution is 2.43. The Balaban J connectivity index is 1.47. The van der Waals surface area contributed by atoms with Gasteiger partial charge in [0, 0.05) is 20.0 Å². The lowest BCUT2D eigenvalue weighted by atomic mass is 9.82. The average Bonchev–Trinajstić information content (AvgIpc) is 3.30. The van der Waals surface area contributed by atoms with Crippen molar-refractivity contribution in [3.05, 3.63) is 53.5 Å². The molecule has 4 rings (SSSR count). The molecule has 2 aliphatic heterocycles. The van der Waals surface area contributed by atoms with E-state index in [9.17, 15) is 14.0 Å². The second-order valence-corrected chi connectivity index (χ2v) is 7.88. The first-order valence-electron chi connectivity index (χ1n) is 10.7. The van der Waals surface area contributed by atoms with E-state index in [0.29, 0.717) is 18.5 Å². The van der Waals surface area contributed by atoms with Gasteiger partial charge in [-0.3, -0.25) is 14.4 Å². The molecule has 0 saturated carbocycles. The molecule has 2 saturated heterocycles. The third kappa shape index (κ3) is 4.54. The van der Waals surface area contributed by atoms with Crippen LogP contribution in [-0.4, -0.2) is 80.6 Å². The molecule has 2 fully saturated rings. The van der Waals surface area contributed by atoms with E-state index in [-0.39, 0.29) is 49.0 Å². The summed E-state index contributed by atoms with van der Waals surface area (Å²) < 4.78 is 36.3. The molecule has 0 aliphatic carbocycles. The van der Waals surface area contributed by atoms with Crippen LogP contribution in [0.5, 0.6) is 11.6 Å². The van der Waals surface area contributed by atoms with Crippen LogP contribution in [0.25, 0.3) is 0 Å². The molecule has 2 amide bonds. The Labute approximate surface area is 196 Å². The van der Waals surface area contributed by atoms with Gasteiger partial charge < -0.3 is 23.8 Å². The molecule has 2 unspecified atom stereocenters. The number of nitrogens with zero attached hydrogens (tertiary/aromatic N) is 3. The molecule has 2 atom stereocenters. The Morgan fingerprint density at radius 2 is 2.12 bits per heavy atom. The summed E-state index contributed by atoms with van der Waals surface area (Å²) in [5.74, 6) is -0.783. The second kappa shape index (κ2) is 9.92. The zero-order chi connectivity index (χ0) is 24.3. The van der Waals surface area contributed by atoms with Gasteiger partial charge in [-0.05, 0) is 29.8 Å². The number of fused-ring (bicyclic) bond motifs is 1. The van der Waals surface area contributed by atoms with Gasteiger partial charge in [0.1, 0.15) is 30.0 Å². The molecule has 0 N–H and O–H groups in total. The van der Waals surface area contributed by atoms with Crippen LogP contribution in [0.1, 0.15) is 22.5 Å². The van der Waals surface area contributed by atoms with Crippen LogP contribution < -0.4 is 9.47 Å². The summed E-state index contributed by atoms with van der Waals surface area (Å²) in [6.07, 6.45) is 0.000583. The number of hydrogen-bond donors (Lipinski definition) is 0. The Morgan fingerprint density at radius 1 is 1.29 bits per heavy atom. The van der Waals surface area contributed by atoms with Crippen molar-refractivity contribution in [2.24, 2.45) is 0 Å². The predicted octanol–water partition coefficient (Wildman–Crippen LogP) is 1.74. The maximum atomic E-state index is 13.8. The first kappa shape index (κ1) is 23.9. The van der Waals surface area contributed by atoms with E-state index < -0.39 is 17.6 Å². The molecule has 0 spiro atoms. The molecule has 0 bridgehead atoms. The highest BCUT2D eigenvalue weighted by molar-refractivity contribution is 5.92. The highest BCUT2D eigenvalue weighted by Gasteiger charge is 2.51. The van der Waals surface area contributed by atoms with E-state index in [1.165, 1.54) is 45.5 Å². The zero-order valence-corrected chi connectivity index (χ0v) is 19.2. The fourth-order valence-electron chi connectivity index (χ4n) is 4.12. The molecular weight excluding hydrogens is 449 g/mol. The standard InChI is InChI=1S/C23H26FN3O7/c1-26(31-3)20(28)13-32-18-8-7-17(25-21(18)30-2)22(29)27-10-9-23(19(12-27)33-14-34-23)15-5-4-6-16(24)11-15/h4-8,11,19H,9-10,12-14H2,1-3H3. The van der Waals surface area contributed by atoms with Crippen LogP contribution in [0.2, 0.25) is 0 Å². The SMILES string of the molecule is COc1nc(C(=O)N2CCC3(c4cccc(F)c4)OCOC3C2)ccc1OCC(=O)N(C)OC. The van der Waals surface area contributed by atoms with Gasteiger partial charge >= 0.3 is 0 Å². The van der Waals surface area contributed by atoms with Crippen LogP contribution in [0, 0.1) is 5.82 Å². The van der Waals surface area contributed by atoms with E-state index in [1.54, 1.807) is 11.0 Å². The Kier molecular flexibility index (Phi) is 6.96. The molecular formula is C23H26FN3O7. The number of carbonyl (C=O) groups is 2. The summed E-state index contributed by atoms with van der Waals surface area (Å²) in [4.78, 5) is 35.8. The number of hydroxylamine groups is 2. The van der Waals surface area contributed by atoms with Gasteiger partial charge in [0.25, 0.3) is 17.7 Å². The maximum Gasteiger partial charge on any atom is 0.283 e. The summed E-state index contributed by atoms with van der Waals surface area (Å²) in [6.45, 7) is 0.409. The van der Waals surface area contributed by atoms with Gasteiger partial charge in [-0.15, -0.1) is 0 Å². The lowest BCUT2D eigenvalue weighted by Gasteiger charge is -2.41. The number of aromatic nitrogens is 1. The van der Waals surface area contributed by atoms with Crippen LogP contribution >= 0.6 is 0 Å². The minimum Gasteiger partial charge on any atom is -0.478 e. The molecule has 3 heterocycles. The Morgan fingerprint density at radius 3 is 2.85 bits per heavy atom. The average molecular weight is 475 g/mol. The van der Waals surface area contributed by atoms with Crippen LogP contribution in [0.15, 0.2) is 36.4 Å². The normalized spacial score (nSPS) is 21.6. The van der Waals surface area contributed by atoms with Crippen LogP contribution in [-0.2, 0) is 24.7 Å². The quantitative estimate of drug-likeness (QED) is 0.559. The molecule has 0 radical (unpaired) electrons. The van der Waals surface area contributed by atoms with Gasteiger partial charge in [0.15, 0.2) is 12.4 Å². The third-order valence-electron chi connectivity index (χ3n) is 6.06. The number of methoxy groups -OCH3 is 1. The summed E-state index contributed by atoms with van der Waals surface area (Å²) in [7, 11) is 4.22. The number of benzene rings is 1. The number of hydrogen-bond acceptors (Lipinski definition) is 8. The van der Waals surface area contributed by atoms with Gasteiger partial charge in [-0.25, -0.2) is 14.4 Å². The highest BCUT2D eigenvalue weighted by atomic mass is 19.1. The summed E-state index contributed by atoms with van der Waals surface area (Å²) >= 11 is 0. The lowest BCUT2D eigenvalue weighted by molar-refractivity contribution is -0.170. The number of amides is 2. The molecule has 1 aromatic heterocycles. The zero-order valence-electron chi connectivity index (χ0n) is 19.2. The Hall–Kier alpha value is -3.28. The fraction of sp³-hybridized carbons (Fsp3) is 0.435. The molecule has 2 aromatic rings. The van der Waals surface area contributed by atoms with Crippen LogP contribution in [0.3, 0.4) is 0 Å². The second-order valence-electron chi connectivity index (χ2n) is 7.88. The monoisotopic (exact) mass is 475 g/mol. The first-order chi connectivity index (χ1) is 16.4. The number of pyridine rings is 1. The van der Waals surface area contributed by atoms with E-state index in [4.69, 9.17) is 23.8 Å². The minimum absolute atomic E-state index is 0.0678. The van der Waals surface area contributed by atoms with Crippen molar-refractivity contribution in [1.29, 1.82) is 0 Å². The van der Waals surface area contributed by atoms with Crippen LogP contribution in [0.4, 0.5) is 4.39 Å². The van der Waals surface area contributed by atoms with Gasteiger partial charge in [-0.1, -0.05) is 12.1 Å². The number of likely N-dealkylation sites (tertiary alicyclic amines) is 1. The van der Waals surface area contributed by atoms with E-state index in [0.717, 1.165) is 5.06 Å². The number of carbonyl (C=O) groups excluding carboxylic acids is 2. The van der Waals surface area contributed by atoms with Crippen molar-refractivity contribution in [3.8, 4) is 11.6 Å². The maximum absolute atomic E-state index is 13.8. The van der Waals surface area contributed by atoms with Gasteiger partial charge in [0.05, 0.1) is 20.8 Å². The number of rotatable bonds is 7. The molecule has 34 heavy (non-hydrogen) atoms. The number of likely N-dealkylation sites (N-methyl/N-ethyl adjacent to an activating group) is 1. The molecule has 10 nitrogen and oxygen atoms in total. The Bertz CT molecular complexity index is 1070. The van der Waals surface area contributed by atoms with Crippen molar-refractivity contribution >= 4 is 11.8 Å². The molecule has 1 aromatic carbocycles. The first-order valence-corrected chi connectivity index (χ1v) is 10.7. The number of ether oxygens (including phenoxy) is 4. The smallest absolute Gasteiger partial charge is 0.283 e. The molecule has 11 heteroatoms. The molecule has 182 valence electrons. The largest absolute Gasteiger partial charge is 0.478 e. The van der Waals surface area contributed by atoms with Gasteiger partial charge in [0.2, 0.25) is 0 Å². The topological polar surface area (TPSA) is 99.7 Å². The van der Waals surface area contributed by atoms with Crippen molar-refractivity contribution in [3.63, 3.8) is 0 Å². The predicted molar refractivity (Wildman–Crippen MR) is 115 cm³/mol. The third-order valence-corrected chi connectivity index (χ3v) is 6.06. The van der Waals surface area contributed by atoms with Crippen molar-refractivity contribution in [1.82, 2.24) is 14.9 Å². The lowest BCUT2D eigenvalue weighted by Crippen LogP contribution is -2.53. The fourth-order valence-corrected chi connectivity index (χ4v) is 4.12. The summed E-state index contributed by atoms with van der Waals surface area (Å²) in [5.41, 5.74) is 0.0441. The summed E-state index contributed by atoms with van der Waals surface area (Å²) in [5, 5.41) is 1.03. The number of halogens is 1. The van der Waals surface area contributed by atoms with E-state index in [1.807, 2.05) is 6.07 Å². The summed E-state index contributed by atoms with van der Waals surface area (Å²) in [6, 6.07) is 9.29.